The largest absolute Gasteiger partial charge is 0.396 e. The number of thioether (sulfide) groups is 1. The molecular weight excluding hydrogens is 214 g/mol. The first-order valence-corrected chi connectivity index (χ1v) is 5.79. The fraction of sp³-hybridized carbons (Fsp3) is 0.625. The van der Waals surface area contributed by atoms with Crippen molar-refractivity contribution < 1.29 is 5.11 Å². The zero-order chi connectivity index (χ0) is 10.8. The van der Waals surface area contributed by atoms with Crippen molar-refractivity contribution in [2.45, 2.75) is 24.5 Å². The van der Waals surface area contributed by atoms with Crippen LogP contribution >= 0.6 is 11.8 Å². The normalized spacial score (nSPS) is 18.4. The molecule has 1 atom stereocenters. The lowest BCUT2D eigenvalue weighted by Crippen LogP contribution is -2.06. The Kier molecular flexibility index (Phi) is 2.92. The Labute approximate surface area is 91.6 Å². The molecule has 82 valence electrons. The third-order valence-electron chi connectivity index (χ3n) is 2.12. The predicted molar refractivity (Wildman–Crippen MR) is 58.3 cm³/mol. The molecule has 0 spiro atoms. The van der Waals surface area contributed by atoms with E-state index in [2.05, 4.69) is 15.3 Å². The van der Waals surface area contributed by atoms with Gasteiger partial charge in [0.25, 0.3) is 0 Å². The van der Waals surface area contributed by atoms with Gasteiger partial charge >= 0.3 is 0 Å². The number of rotatable bonds is 4. The first-order valence-electron chi connectivity index (χ1n) is 4.80. The summed E-state index contributed by atoms with van der Waals surface area (Å²) in [7, 11) is 0. The molecule has 1 unspecified atom stereocenters. The number of anilines is 1. The van der Waals surface area contributed by atoms with Crippen LogP contribution in [-0.2, 0) is 0 Å². The number of fused-ring (bicyclic) bond motifs is 1. The van der Waals surface area contributed by atoms with Gasteiger partial charge in [0.15, 0.2) is 12.0 Å². The van der Waals surface area contributed by atoms with Gasteiger partial charge in [0.2, 0.25) is 0 Å². The molecule has 0 aliphatic carbocycles. The quantitative estimate of drug-likeness (QED) is 0.764. The third kappa shape index (κ3) is 1.72. The number of nitrogens with two attached hydrogens (primary N) is 1. The van der Waals surface area contributed by atoms with E-state index >= 15 is 0 Å². The predicted octanol–water partition coefficient (Wildman–Crippen LogP) is 1.56. The molecule has 7 heteroatoms. The Morgan fingerprint density at radius 1 is 1.60 bits per heavy atom. The molecule has 0 radical (unpaired) electrons. The molecule has 1 aromatic rings. The van der Waals surface area contributed by atoms with Gasteiger partial charge in [-0.2, -0.15) is 10.2 Å². The zero-order valence-corrected chi connectivity index (χ0v) is 9.24. The minimum absolute atomic E-state index is 0.0686. The number of aromatic nitrogens is 2. The molecule has 3 N–H and O–H groups in total. The van der Waals surface area contributed by atoms with E-state index in [0.717, 1.165) is 10.8 Å². The Morgan fingerprint density at radius 2 is 2.40 bits per heavy atom. The Bertz CT molecular complexity index is 389. The van der Waals surface area contributed by atoms with Gasteiger partial charge in [-0.25, -0.2) is 4.68 Å². The van der Waals surface area contributed by atoms with Crippen molar-refractivity contribution in [3.8, 4) is 0 Å². The van der Waals surface area contributed by atoms with E-state index in [0.29, 0.717) is 17.9 Å². The fourth-order valence-corrected chi connectivity index (χ4v) is 2.10. The number of hydrogen-bond acceptors (Lipinski definition) is 6. The number of azo groups is 1. The van der Waals surface area contributed by atoms with Crippen LogP contribution in [0.4, 0.5) is 11.5 Å². The zero-order valence-electron chi connectivity index (χ0n) is 8.42. The number of hydrogen-bond donors (Lipinski definition) is 2. The highest BCUT2D eigenvalue weighted by Crippen LogP contribution is 2.39. The smallest absolute Gasteiger partial charge is 0.199 e. The van der Waals surface area contributed by atoms with Gasteiger partial charge in [-0.1, -0.05) is 6.92 Å². The summed E-state index contributed by atoms with van der Waals surface area (Å²) < 4.78 is 1.68. The standard InChI is InChI=1S/C8H13N5OS/c1-2-15-8-6(9)7-11-10-5(3-4-14)13(7)12-8/h5,14H,2-4,9H2,1H3. The molecule has 0 fully saturated rings. The molecule has 0 aromatic carbocycles. The molecule has 6 nitrogen and oxygen atoms in total. The van der Waals surface area contributed by atoms with E-state index in [4.69, 9.17) is 10.8 Å². The maximum absolute atomic E-state index is 8.85. The number of nitrogens with zero attached hydrogens (tertiary/aromatic N) is 4. The highest BCUT2D eigenvalue weighted by molar-refractivity contribution is 7.99. The van der Waals surface area contributed by atoms with E-state index in [1.807, 2.05) is 6.92 Å². The van der Waals surface area contributed by atoms with Crippen LogP contribution < -0.4 is 5.73 Å². The summed E-state index contributed by atoms with van der Waals surface area (Å²) in [6, 6.07) is 0. The SMILES string of the molecule is CCSc1nn2c(c1N)N=NC2CCO. The summed E-state index contributed by atoms with van der Waals surface area (Å²) in [5.74, 6) is 1.53. The van der Waals surface area contributed by atoms with Crippen LogP contribution in [0.1, 0.15) is 19.5 Å². The molecule has 0 saturated heterocycles. The first-order chi connectivity index (χ1) is 7.27. The third-order valence-corrected chi connectivity index (χ3v) is 2.99. The molecule has 2 heterocycles. The second-order valence-corrected chi connectivity index (χ2v) is 4.38. The maximum atomic E-state index is 8.85. The van der Waals surface area contributed by atoms with Crippen LogP contribution in [0, 0.1) is 0 Å². The molecule has 1 aliphatic heterocycles. The van der Waals surface area contributed by atoms with Crippen molar-refractivity contribution in [2.75, 3.05) is 18.1 Å². The maximum Gasteiger partial charge on any atom is 0.199 e. The molecule has 0 saturated carbocycles. The summed E-state index contributed by atoms with van der Waals surface area (Å²) >= 11 is 1.59. The van der Waals surface area contributed by atoms with Crippen LogP contribution in [0.3, 0.4) is 0 Å². The van der Waals surface area contributed by atoms with Crippen LogP contribution in [0.2, 0.25) is 0 Å². The van der Waals surface area contributed by atoms with Gasteiger partial charge in [0.05, 0.1) is 0 Å². The Morgan fingerprint density at radius 3 is 3.07 bits per heavy atom. The van der Waals surface area contributed by atoms with Crippen molar-refractivity contribution in [3.05, 3.63) is 0 Å². The number of aliphatic hydroxyl groups excluding tert-OH is 1. The lowest BCUT2D eigenvalue weighted by atomic mass is 10.4. The van der Waals surface area contributed by atoms with Crippen molar-refractivity contribution >= 4 is 23.3 Å². The van der Waals surface area contributed by atoms with E-state index in [1.54, 1.807) is 16.4 Å². The second kappa shape index (κ2) is 4.19. The molecule has 1 aliphatic rings. The average Bonchev–Trinajstić information content (AvgIpc) is 2.73. The summed E-state index contributed by atoms with van der Waals surface area (Å²) in [5, 5.41) is 22.0. The average molecular weight is 227 g/mol. The van der Waals surface area contributed by atoms with Gasteiger partial charge < -0.3 is 10.8 Å². The van der Waals surface area contributed by atoms with Crippen LogP contribution in [0.5, 0.6) is 0 Å². The molecule has 1 aromatic heterocycles. The Hall–Kier alpha value is -1.08. The van der Waals surface area contributed by atoms with E-state index in [9.17, 15) is 0 Å². The van der Waals surface area contributed by atoms with Crippen LogP contribution in [0.15, 0.2) is 15.3 Å². The van der Waals surface area contributed by atoms with Gasteiger partial charge in [0, 0.05) is 13.0 Å². The second-order valence-electron chi connectivity index (χ2n) is 3.13. The fourth-order valence-electron chi connectivity index (χ4n) is 1.43. The topological polar surface area (TPSA) is 88.8 Å². The number of nitrogen functional groups attached to an aromatic ring is 1. The van der Waals surface area contributed by atoms with Crippen molar-refractivity contribution in [3.63, 3.8) is 0 Å². The summed E-state index contributed by atoms with van der Waals surface area (Å²) in [6.07, 6.45) is 0.326. The van der Waals surface area contributed by atoms with Crippen molar-refractivity contribution in [1.82, 2.24) is 9.78 Å². The lowest BCUT2D eigenvalue weighted by Gasteiger charge is -2.04. The van der Waals surface area contributed by atoms with Gasteiger partial charge in [-0.05, 0) is 5.75 Å². The monoisotopic (exact) mass is 227 g/mol. The van der Waals surface area contributed by atoms with E-state index in [-0.39, 0.29) is 12.8 Å². The lowest BCUT2D eigenvalue weighted by molar-refractivity contribution is 0.256. The molecular formula is C8H13N5OS. The van der Waals surface area contributed by atoms with Crippen LogP contribution in [0.25, 0.3) is 0 Å². The summed E-state index contributed by atoms with van der Waals surface area (Å²) in [5.41, 5.74) is 6.47. The van der Waals surface area contributed by atoms with Gasteiger partial charge in [-0.3, -0.25) is 0 Å². The summed E-state index contributed by atoms with van der Waals surface area (Å²) in [4.78, 5) is 0. The Balaban J connectivity index is 2.29. The van der Waals surface area contributed by atoms with Crippen LogP contribution in [-0.4, -0.2) is 27.2 Å². The number of aliphatic hydroxyl groups is 1. The highest BCUT2D eigenvalue weighted by atomic mass is 32.2. The van der Waals surface area contributed by atoms with Gasteiger partial charge in [0.1, 0.15) is 10.7 Å². The van der Waals surface area contributed by atoms with Crippen molar-refractivity contribution in [1.29, 1.82) is 0 Å². The summed E-state index contributed by atoms with van der Waals surface area (Å²) in [6.45, 7) is 2.11. The van der Waals surface area contributed by atoms with E-state index in [1.165, 1.54) is 0 Å². The molecule has 2 rings (SSSR count). The first kappa shape index (κ1) is 10.4. The molecule has 0 bridgehead atoms. The van der Waals surface area contributed by atoms with E-state index < -0.39 is 0 Å². The molecule has 15 heavy (non-hydrogen) atoms. The molecule has 0 amide bonds. The minimum atomic E-state index is -0.196. The minimum Gasteiger partial charge on any atom is -0.396 e. The van der Waals surface area contributed by atoms with Crippen molar-refractivity contribution in [2.24, 2.45) is 10.2 Å². The van der Waals surface area contributed by atoms with Gasteiger partial charge in [-0.15, -0.1) is 16.9 Å². The highest BCUT2D eigenvalue weighted by Gasteiger charge is 2.25.